The largest absolute Gasteiger partial charge is 0.507 e. The van der Waals surface area contributed by atoms with Crippen molar-refractivity contribution in [3.8, 4) is 5.75 Å². The van der Waals surface area contributed by atoms with E-state index in [0.29, 0.717) is 27.0 Å². The Bertz CT molecular complexity index is 1550. The molecule has 4 aromatic rings. The van der Waals surface area contributed by atoms with Crippen molar-refractivity contribution < 1.29 is 19.4 Å². The van der Waals surface area contributed by atoms with Crippen LogP contribution in [-0.4, -0.2) is 28.9 Å². The second-order valence-electron chi connectivity index (χ2n) is 8.04. The third kappa shape index (κ3) is 4.05. The third-order valence-electron chi connectivity index (χ3n) is 5.78. The number of aryl methyl sites for hydroxylation is 1. The highest BCUT2D eigenvalue weighted by molar-refractivity contribution is 7.22. The molecule has 1 aromatic heterocycles. The SMILES string of the molecule is COc1ccc(Cl)c(/C(O)=C2\C(=O)C(=O)N(c3nc4ccc(Cl)cc4s3)C2c2cccc(C)c2)c1. The van der Waals surface area contributed by atoms with Crippen molar-refractivity contribution in [3.05, 3.63) is 93.0 Å². The summed E-state index contributed by atoms with van der Waals surface area (Å²) in [7, 11) is 1.48. The Labute approximate surface area is 215 Å². The van der Waals surface area contributed by atoms with Gasteiger partial charge in [-0.05, 0) is 48.9 Å². The smallest absolute Gasteiger partial charge is 0.301 e. The molecule has 9 heteroatoms. The fourth-order valence-electron chi connectivity index (χ4n) is 4.13. The average Bonchev–Trinajstić information content (AvgIpc) is 3.36. The molecule has 0 saturated carbocycles. The second-order valence-corrected chi connectivity index (χ2v) is 9.89. The molecule has 1 N–H and O–H groups in total. The minimum atomic E-state index is -0.909. The quantitative estimate of drug-likeness (QED) is 0.186. The van der Waals surface area contributed by atoms with Crippen LogP contribution in [-0.2, 0) is 9.59 Å². The van der Waals surface area contributed by atoms with Gasteiger partial charge in [0.15, 0.2) is 5.13 Å². The molecule has 35 heavy (non-hydrogen) atoms. The van der Waals surface area contributed by atoms with Crippen LogP contribution >= 0.6 is 34.5 Å². The summed E-state index contributed by atoms with van der Waals surface area (Å²) < 4.78 is 6.03. The van der Waals surface area contributed by atoms with E-state index in [1.807, 2.05) is 25.1 Å². The lowest BCUT2D eigenvalue weighted by Gasteiger charge is -2.23. The summed E-state index contributed by atoms with van der Waals surface area (Å²) in [5.74, 6) is -1.56. The summed E-state index contributed by atoms with van der Waals surface area (Å²) >= 11 is 13.7. The highest BCUT2D eigenvalue weighted by Crippen LogP contribution is 2.45. The average molecular weight is 525 g/mol. The number of halogens is 2. The fraction of sp³-hybridized carbons (Fsp3) is 0.115. The first kappa shape index (κ1) is 23.4. The second kappa shape index (κ2) is 9.00. The molecule has 0 spiro atoms. The van der Waals surface area contributed by atoms with Gasteiger partial charge in [0.25, 0.3) is 5.78 Å². The van der Waals surface area contributed by atoms with E-state index in [0.717, 1.165) is 10.3 Å². The molecular formula is C26H18Cl2N2O4S. The lowest BCUT2D eigenvalue weighted by Crippen LogP contribution is -2.29. The van der Waals surface area contributed by atoms with Crippen molar-refractivity contribution in [1.29, 1.82) is 0 Å². The molecule has 3 aromatic carbocycles. The van der Waals surface area contributed by atoms with Gasteiger partial charge in [-0.3, -0.25) is 14.5 Å². The van der Waals surface area contributed by atoms with Gasteiger partial charge in [-0.1, -0.05) is 64.4 Å². The summed E-state index contributed by atoms with van der Waals surface area (Å²) in [4.78, 5) is 32.7. The zero-order chi connectivity index (χ0) is 24.9. The van der Waals surface area contributed by atoms with Crippen LogP contribution in [0.1, 0.15) is 22.7 Å². The summed E-state index contributed by atoms with van der Waals surface area (Å²) in [6.07, 6.45) is 0. The van der Waals surface area contributed by atoms with E-state index in [2.05, 4.69) is 4.98 Å². The highest BCUT2D eigenvalue weighted by atomic mass is 35.5. The number of aromatic nitrogens is 1. The van der Waals surface area contributed by atoms with Crippen LogP contribution in [0.4, 0.5) is 5.13 Å². The van der Waals surface area contributed by atoms with Gasteiger partial charge in [-0.25, -0.2) is 4.98 Å². The number of Topliss-reactive ketones (excluding diaryl/α,β-unsaturated/α-hetero) is 1. The zero-order valence-electron chi connectivity index (χ0n) is 18.6. The van der Waals surface area contributed by atoms with E-state index in [-0.39, 0.29) is 21.9 Å². The Kier molecular flexibility index (Phi) is 6.01. The van der Waals surface area contributed by atoms with Crippen LogP contribution in [0.5, 0.6) is 5.75 Å². The molecule has 1 unspecified atom stereocenters. The molecule has 1 aliphatic rings. The predicted octanol–water partition coefficient (Wildman–Crippen LogP) is 6.55. The number of carbonyl (C=O) groups is 2. The number of aliphatic hydroxyl groups excluding tert-OH is 1. The van der Waals surface area contributed by atoms with Gasteiger partial charge in [0, 0.05) is 10.6 Å². The number of ether oxygens (including phenoxy) is 1. The first-order valence-electron chi connectivity index (χ1n) is 10.6. The lowest BCUT2D eigenvalue weighted by molar-refractivity contribution is -0.132. The number of benzene rings is 3. The number of amides is 1. The summed E-state index contributed by atoms with van der Waals surface area (Å²) in [5, 5.41) is 12.4. The molecule has 176 valence electrons. The van der Waals surface area contributed by atoms with Crippen molar-refractivity contribution in [2.24, 2.45) is 0 Å². The van der Waals surface area contributed by atoms with E-state index < -0.39 is 17.7 Å². The number of hydrogen-bond donors (Lipinski definition) is 1. The number of fused-ring (bicyclic) bond motifs is 1. The molecule has 0 bridgehead atoms. The Hall–Kier alpha value is -3.39. The van der Waals surface area contributed by atoms with Crippen LogP contribution in [0.2, 0.25) is 10.0 Å². The van der Waals surface area contributed by atoms with Crippen molar-refractivity contribution >= 4 is 67.3 Å². The van der Waals surface area contributed by atoms with Crippen LogP contribution in [0, 0.1) is 6.92 Å². The fourth-order valence-corrected chi connectivity index (χ4v) is 5.61. The molecule has 1 saturated heterocycles. The van der Waals surface area contributed by atoms with E-state index in [4.69, 9.17) is 27.9 Å². The molecule has 1 aliphatic heterocycles. The maximum absolute atomic E-state index is 13.4. The van der Waals surface area contributed by atoms with Gasteiger partial charge in [0.1, 0.15) is 11.5 Å². The number of hydrogen-bond acceptors (Lipinski definition) is 6. The van der Waals surface area contributed by atoms with Crippen LogP contribution in [0.15, 0.2) is 66.2 Å². The van der Waals surface area contributed by atoms with Crippen molar-refractivity contribution in [1.82, 2.24) is 4.98 Å². The number of thiazole rings is 1. The summed E-state index contributed by atoms with van der Waals surface area (Å²) in [5.41, 5.74) is 2.35. The number of ketones is 1. The molecule has 2 heterocycles. The third-order valence-corrected chi connectivity index (χ3v) is 7.36. The molecule has 6 nitrogen and oxygen atoms in total. The molecule has 0 aliphatic carbocycles. The Morgan fingerprint density at radius 2 is 1.89 bits per heavy atom. The molecule has 5 rings (SSSR count). The molecular weight excluding hydrogens is 507 g/mol. The van der Waals surface area contributed by atoms with Gasteiger partial charge < -0.3 is 9.84 Å². The van der Waals surface area contributed by atoms with Gasteiger partial charge >= 0.3 is 5.91 Å². The van der Waals surface area contributed by atoms with Gasteiger partial charge in [0.2, 0.25) is 0 Å². The maximum atomic E-state index is 13.4. The van der Waals surface area contributed by atoms with Gasteiger partial charge in [0.05, 0.1) is 34.0 Å². The topological polar surface area (TPSA) is 79.7 Å². The van der Waals surface area contributed by atoms with Crippen LogP contribution in [0.25, 0.3) is 16.0 Å². The number of aliphatic hydroxyl groups is 1. The number of rotatable bonds is 4. The number of nitrogens with zero attached hydrogens (tertiary/aromatic N) is 2. The minimum absolute atomic E-state index is 0.0759. The van der Waals surface area contributed by atoms with Crippen LogP contribution < -0.4 is 9.64 Å². The van der Waals surface area contributed by atoms with Crippen molar-refractivity contribution in [2.75, 3.05) is 12.0 Å². The highest BCUT2D eigenvalue weighted by Gasteiger charge is 2.48. The Morgan fingerprint density at radius 3 is 2.63 bits per heavy atom. The molecule has 1 fully saturated rings. The molecule has 1 amide bonds. The Morgan fingerprint density at radius 1 is 1.09 bits per heavy atom. The van der Waals surface area contributed by atoms with E-state index in [9.17, 15) is 14.7 Å². The number of anilines is 1. The van der Waals surface area contributed by atoms with Crippen molar-refractivity contribution in [2.45, 2.75) is 13.0 Å². The monoisotopic (exact) mass is 524 g/mol. The summed E-state index contributed by atoms with van der Waals surface area (Å²) in [6.45, 7) is 1.91. The lowest BCUT2D eigenvalue weighted by atomic mass is 9.94. The van der Waals surface area contributed by atoms with E-state index in [1.54, 1.807) is 36.4 Å². The van der Waals surface area contributed by atoms with E-state index in [1.165, 1.54) is 29.4 Å². The van der Waals surface area contributed by atoms with Crippen molar-refractivity contribution in [3.63, 3.8) is 0 Å². The molecule has 1 atom stereocenters. The predicted molar refractivity (Wildman–Crippen MR) is 139 cm³/mol. The normalized spacial score (nSPS) is 17.4. The minimum Gasteiger partial charge on any atom is -0.507 e. The maximum Gasteiger partial charge on any atom is 0.301 e. The first-order valence-corrected chi connectivity index (χ1v) is 12.1. The van der Waals surface area contributed by atoms with Gasteiger partial charge in [-0.15, -0.1) is 0 Å². The first-order chi connectivity index (χ1) is 16.8. The number of carbonyl (C=O) groups excluding carboxylic acids is 2. The van der Waals surface area contributed by atoms with Gasteiger partial charge in [-0.2, -0.15) is 0 Å². The number of methoxy groups -OCH3 is 1. The zero-order valence-corrected chi connectivity index (χ0v) is 20.9. The molecule has 0 radical (unpaired) electrons. The summed E-state index contributed by atoms with van der Waals surface area (Å²) in [6, 6.07) is 16.5. The van der Waals surface area contributed by atoms with Crippen LogP contribution in [0.3, 0.4) is 0 Å². The van der Waals surface area contributed by atoms with E-state index >= 15 is 0 Å². The Balaban J connectivity index is 1.76. The standard InChI is InChI=1S/C26H18Cl2N2O4S/c1-13-4-3-5-14(10-13)22-21(23(31)17-12-16(34-2)7-8-18(17)28)24(32)25(33)30(22)26-29-19-9-6-15(27)11-20(19)35-26/h3-12,22,31H,1-2H3/b23-21+.